The minimum Gasteiger partial charge on any atom is -0.481 e. The number of ether oxygens (including phenoxy) is 1. The van der Waals surface area contributed by atoms with Crippen LogP contribution in [0.1, 0.15) is 25.0 Å². The zero-order valence-electron chi connectivity index (χ0n) is 11.4. The lowest BCUT2D eigenvalue weighted by Gasteiger charge is -2.09. The molecule has 1 aliphatic rings. The third kappa shape index (κ3) is 4.17. The third-order valence-electron chi connectivity index (χ3n) is 3.23. The van der Waals surface area contributed by atoms with Gasteiger partial charge in [-0.3, -0.25) is 10.1 Å². The zero-order valence-corrected chi connectivity index (χ0v) is 11.4. The second-order valence-corrected chi connectivity index (χ2v) is 4.82. The standard InChI is InChI=1S/C13H20N4O2/c1-9-7-12(19-2)17-13(15-9)16-11(18)4-3-10-5-6-14-8-10/h7,10,14H,3-6,8H2,1-2H3,(H,15,16,17,18). The molecule has 0 bridgehead atoms. The molecule has 6 nitrogen and oxygen atoms in total. The minimum absolute atomic E-state index is 0.0421. The summed E-state index contributed by atoms with van der Waals surface area (Å²) in [4.78, 5) is 20.1. The number of nitrogens with zero attached hydrogens (tertiary/aromatic N) is 2. The van der Waals surface area contributed by atoms with Crippen molar-refractivity contribution in [3.8, 4) is 5.88 Å². The van der Waals surface area contributed by atoms with Crippen molar-refractivity contribution >= 4 is 11.9 Å². The number of nitrogens with one attached hydrogen (secondary N) is 2. The van der Waals surface area contributed by atoms with Gasteiger partial charge in [0.1, 0.15) is 0 Å². The van der Waals surface area contributed by atoms with Crippen LogP contribution in [-0.2, 0) is 4.79 Å². The molecule has 6 heteroatoms. The Balaban J connectivity index is 1.85. The molecule has 1 unspecified atom stereocenters. The number of carbonyl (C=O) groups excluding carboxylic acids is 1. The molecular formula is C13H20N4O2. The highest BCUT2D eigenvalue weighted by Gasteiger charge is 2.16. The van der Waals surface area contributed by atoms with Crippen molar-refractivity contribution in [2.45, 2.75) is 26.2 Å². The summed E-state index contributed by atoms with van der Waals surface area (Å²) in [6.45, 7) is 3.91. The van der Waals surface area contributed by atoms with Crippen molar-refractivity contribution in [3.05, 3.63) is 11.8 Å². The van der Waals surface area contributed by atoms with Gasteiger partial charge in [0, 0.05) is 18.2 Å². The molecule has 1 amide bonds. The molecular weight excluding hydrogens is 244 g/mol. The maximum atomic E-state index is 11.8. The first-order valence-corrected chi connectivity index (χ1v) is 6.57. The molecule has 1 aromatic rings. The van der Waals surface area contributed by atoms with Crippen LogP contribution < -0.4 is 15.4 Å². The van der Waals surface area contributed by atoms with Crippen LogP contribution >= 0.6 is 0 Å². The fourth-order valence-electron chi connectivity index (χ4n) is 2.18. The number of carbonyl (C=O) groups is 1. The molecule has 0 saturated carbocycles. The predicted octanol–water partition coefficient (Wildman–Crippen LogP) is 1.12. The Morgan fingerprint density at radius 2 is 2.42 bits per heavy atom. The smallest absolute Gasteiger partial charge is 0.232 e. The van der Waals surface area contributed by atoms with Gasteiger partial charge in [-0.25, -0.2) is 4.98 Å². The molecule has 0 radical (unpaired) electrons. The lowest BCUT2D eigenvalue weighted by atomic mass is 10.0. The molecule has 0 aliphatic carbocycles. The Kier molecular flexibility index (Phi) is 4.68. The molecule has 0 aromatic carbocycles. The topological polar surface area (TPSA) is 76.1 Å². The fraction of sp³-hybridized carbons (Fsp3) is 0.615. The van der Waals surface area contributed by atoms with Gasteiger partial charge < -0.3 is 10.1 Å². The van der Waals surface area contributed by atoms with Crippen LogP contribution in [0.3, 0.4) is 0 Å². The van der Waals surface area contributed by atoms with Crippen LogP contribution in [0.2, 0.25) is 0 Å². The lowest BCUT2D eigenvalue weighted by Crippen LogP contribution is -2.16. The summed E-state index contributed by atoms with van der Waals surface area (Å²) in [7, 11) is 1.54. The Bertz CT molecular complexity index is 444. The monoisotopic (exact) mass is 264 g/mol. The highest BCUT2D eigenvalue weighted by atomic mass is 16.5. The van der Waals surface area contributed by atoms with Crippen LogP contribution in [0.4, 0.5) is 5.95 Å². The highest BCUT2D eigenvalue weighted by molar-refractivity contribution is 5.88. The van der Waals surface area contributed by atoms with Gasteiger partial charge in [0.2, 0.25) is 17.7 Å². The summed E-state index contributed by atoms with van der Waals surface area (Å²) < 4.78 is 5.05. The minimum atomic E-state index is -0.0421. The number of methoxy groups -OCH3 is 1. The summed E-state index contributed by atoms with van der Waals surface area (Å²) in [5, 5.41) is 6.02. The van der Waals surface area contributed by atoms with Gasteiger partial charge in [-0.15, -0.1) is 0 Å². The van der Waals surface area contributed by atoms with E-state index in [-0.39, 0.29) is 5.91 Å². The van der Waals surface area contributed by atoms with Crippen molar-refractivity contribution in [2.24, 2.45) is 5.92 Å². The van der Waals surface area contributed by atoms with E-state index in [2.05, 4.69) is 20.6 Å². The van der Waals surface area contributed by atoms with Crippen molar-refractivity contribution in [1.82, 2.24) is 15.3 Å². The van der Waals surface area contributed by atoms with E-state index in [0.29, 0.717) is 24.2 Å². The van der Waals surface area contributed by atoms with Crippen molar-refractivity contribution in [3.63, 3.8) is 0 Å². The Morgan fingerprint density at radius 1 is 1.58 bits per heavy atom. The second kappa shape index (κ2) is 6.47. The zero-order chi connectivity index (χ0) is 13.7. The summed E-state index contributed by atoms with van der Waals surface area (Å²) in [6, 6.07) is 1.72. The van der Waals surface area contributed by atoms with Crippen LogP contribution in [0.5, 0.6) is 5.88 Å². The average Bonchev–Trinajstić information content (AvgIpc) is 2.88. The first-order chi connectivity index (χ1) is 9.17. The highest BCUT2D eigenvalue weighted by Crippen LogP contribution is 2.15. The molecule has 1 atom stereocenters. The summed E-state index contributed by atoms with van der Waals surface area (Å²) >= 11 is 0. The lowest BCUT2D eigenvalue weighted by molar-refractivity contribution is -0.116. The predicted molar refractivity (Wildman–Crippen MR) is 72.2 cm³/mol. The molecule has 0 spiro atoms. The fourth-order valence-corrected chi connectivity index (χ4v) is 2.18. The van der Waals surface area contributed by atoms with Gasteiger partial charge in [0.15, 0.2) is 0 Å². The van der Waals surface area contributed by atoms with Gasteiger partial charge >= 0.3 is 0 Å². The van der Waals surface area contributed by atoms with E-state index in [1.165, 1.54) is 0 Å². The number of hydrogen-bond acceptors (Lipinski definition) is 5. The van der Waals surface area contributed by atoms with Gasteiger partial charge in [-0.05, 0) is 38.8 Å². The molecule has 1 aliphatic heterocycles. The molecule has 104 valence electrons. The van der Waals surface area contributed by atoms with E-state index < -0.39 is 0 Å². The van der Waals surface area contributed by atoms with Gasteiger partial charge in [-0.2, -0.15) is 4.98 Å². The van der Waals surface area contributed by atoms with Gasteiger partial charge in [-0.1, -0.05) is 0 Å². The number of amides is 1. The molecule has 19 heavy (non-hydrogen) atoms. The van der Waals surface area contributed by atoms with Crippen molar-refractivity contribution < 1.29 is 9.53 Å². The molecule has 2 N–H and O–H groups in total. The number of hydrogen-bond donors (Lipinski definition) is 2. The summed E-state index contributed by atoms with van der Waals surface area (Å²) in [5.74, 6) is 1.34. The Labute approximate surface area is 113 Å². The molecule has 2 heterocycles. The summed E-state index contributed by atoms with van der Waals surface area (Å²) in [5.41, 5.74) is 0.766. The van der Waals surface area contributed by atoms with Crippen LogP contribution in [-0.4, -0.2) is 36.1 Å². The van der Waals surface area contributed by atoms with Gasteiger partial charge in [0.25, 0.3) is 0 Å². The normalized spacial score (nSPS) is 18.3. The van der Waals surface area contributed by atoms with Crippen molar-refractivity contribution in [2.75, 3.05) is 25.5 Å². The van der Waals surface area contributed by atoms with Crippen LogP contribution in [0, 0.1) is 12.8 Å². The van der Waals surface area contributed by atoms with E-state index >= 15 is 0 Å². The largest absolute Gasteiger partial charge is 0.481 e. The average molecular weight is 264 g/mol. The molecule has 1 saturated heterocycles. The van der Waals surface area contributed by atoms with E-state index in [4.69, 9.17) is 4.74 Å². The second-order valence-electron chi connectivity index (χ2n) is 4.82. The molecule has 2 rings (SSSR count). The van der Waals surface area contributed by atoms with Crippen LogP contribution in [0.25, 0.3) is 0 Å². The quantitative estimate of drug-likeness (QED) is 0.833. The van der Waals surface area contributed by atoms with Crippen molar-refractivity contribution in [1.29, 1.82) is 0 Å². The van der Waals surface area contributed by atoms with E-state index in [9.17, 15) is 4.79 Å². The Hall–Kier alpha value is -1.69. The molecule has 1 fully saturated rings. The summed E-state index contributed by atoms with van der Waals surface area (Å²) in [6.07, 6.45) is 2.57. The Morgan fingerprint density at radius 3 is 3.11 bits per heavy atom. The molecule has 1 aromatic heterocycles. The van der Waals surface area contributed by atoms with Crippen LogP contribution in [0.15, 0.2) is 6.07 Å². The SMILES string of the molecule is COc1cc(C)nc(NC(=O)CCC2CCNC2)n1. The first-order valence-electron chi connectivity index (χ1n) is 6.57. The van der Waals surface area contributed by atoms with E-state index in [1.807, 2.05) is 6.92 Å². The first kappa shape index (κ1) is 13.7. The van der Waals surface area contributed by atoms with E-state index in [1.54, 1.807) is 13.2 Å². The number of rotatable bonds is 5. The van der Waals surface area contributed by atoms with E-state index in [0.717, 1.165) is 31.6 Å². The maximum absolute atomic E-state index is 11.8. The maximum Gasteiger partial charge on any atom is 0.232 e. The number of aromatic nitrogens is 2. The number of aryl methyl sites for hydroxylation is 1. The third-order valence-corrected chi connectivity index (χ3v) is 3.23. The number of anilines is 1. The van der Waals surface area contributed by atoms with Gasteiger partial charge in [0.05, 0.1) is 7.11 Å².